The van der Waals surface area contributed by atoms with Gasteiger partial charge in [0.1, 0.15) is 0 Å². The molecule has 1 unspecified atom stereocenters. The molecule has 0 radical (unpaired) electrons. The van der Waals surface area contributed by atoms with Gasteiger partial charge < -0.3 is 4.90 Å². The highest BCUT2D eigenvalue weighted by molar-refractivity contribution is 5.41. The van der Waals surface area contributed by atoms with Crippen LogP contribution in [0.25, 0.3) is 0 Å². The summed E-state index contributed by atoms with van der Waals surface area (Å²) in [7, 11) is 0. The smallest absolute Gasteiger partial charge is 0.225 e. The summed E-state index contributed by atoms with van der Waals surface area (Å²) in [5, 5.41) is 0. The SMILES string of the molecule is CC1CCc2nc(N3CCc4ccccc4C3)ncc2C1. The van der Waals surface area contributed by atoms with Crippen molar-refractivity contribution in [1.82, 2.24) is 9.97 Å². The number of anilines is 1. The number of fused-ring (bicyclic) bond motifs is 2. The highest BCUT2D eigenvalue weighted by atomic mass is 15.2. The second kappa shape index (κ2) is 5.14. The van der Waals surface area contributed by atoms with Crippen molar-refractivity contribution in [2.24, 2.45) is 5.92 Å². The van der Waals surface area contributed by atoms with Gasteiger partial charge >= 0.3 is 0 Å². The Morgan fingerprint density at radius 1 is 1.10 bits per heavy atom. The van der Waals surface area contributed by atoms with Crippen LogP contribution in [0.1, 0.15) is 35.7 Å². The van der Waals surface area contributed by atoms with Crippen LogP contribution < -0.4 is 4.90 Å². The standard InChI is InChI=1S/C18H21N3/c1-13-6-7-17-16(10-13)11-19-18(20-17)21-9-8-14-4-2-3-5-15(14)12-21/h2-5,11,13H,6-10,12H2,1H3. The van der Waals surface area contributed by atoms with E-state index in [0.717, 1.165) is 44.2 Å². The predicted molar refractivity (Wildman–Crippen MR) is 84.4 cm³/mol. The fourth-order valence-electron chi connectivity index (χ4n) is 3.50. The van der Waals surface area contributed by atoms with Crippen molar-refractivity contribution in [2.75, 3.05) is 11.4 Å². The van der Waals surface area contributed by atoms with Gasteiger partial charge in [-0.3, -0.25) is 0 Å². The van der Waals surface area contributed by atoms with Crippen molar-refractivity contribution in [1.29, 1.82) is 0 Å². The Hall–Kier alpha value is -1.90. The van der Waals surface area contributed by atoms with Gasteiger partial charge in [-0.15, -0.1) is 0 Å². The molecule has 0 amide bonds. The number of rotatable bonds is 1. The van der Waals surface area contributed by atoms with E-state index in [4.69, 9.17) is 4.98 Å². The molecule has 0 bridgehead atoms. The Morgan fingerprint density at radius 2 is 1.95 bits per heavy atom. The predicted octanol–water partition coefficient (Wildman–Crippen LogP) is 3.16. The molecule has 1 aromatic carbocycles. The number of hydrogen-bond acceptors (Lipinski definition) is 3. The molecule has 0 saturated carbocycles. The maximum Gasteiger partial charge on any atom is 0.225 e. The molecule has 2 aliphatic rings. The van der Waals surface area contributed by atoms with Crippen LogP contribution in [0.15, 0.2) is 30.5 Å². The lowest BCUT2D eigenvalue weighted by molar-refractivity contribution is 0.491. The molecule has 21 heavy (non-hydrogen) atoms. The maximum absolute atomic E-state index is 4.86. The third-order valence-corrected chi connectivity index (χ3v) is 4.80. The summed E-state index contributed by atoms with van der Waals surface area (Å²) in [6, 6.07) is 8.71. The fraction of sp³-hybridized carbons (Fsp3) is 0.444. The minimum absolute atomic E-state index is 0.772. The van der Waals surface area contributed by atoms with Gasteiger partial charge in [0, 0.05) is 25.0 Å². The molecule has 2 heterocycles. The van der Waals surface area contributed by atoms with Crippen LogP contribution in [0.2, 0.25) is 0 Å². The normalized spacial score (nSPS) is 20.8. The van der Waals surface area contributed by atoms with Crippen molar-refractivity contribution < 1.29 is 0 Å². The lowest BCUT2D eigenvalue weighted by Crippen LogP contribution is -2.32. The van der Waals surface area contributed by atoms with Gasteiger partial charge in [0.25, 0.3) is 0 Å². The minimum Gasteiger partial charge on any atom is -0.336 e. The van der Waals surface area contributed by atoms with Gasteiger partial charge in [0.2, 0.25) is 5.95 Å². The first-order valence-electron chi connectivity index (χ1n) is 7.96. The second-order valence-electron chi connectivity index (χ2n) is 6.43. The summed E-state index contributed by atoms with van der Waals surface area (Å²) in [4.78, 5) is 11.8. The highest BCUT2D eigenvalue weighted by Crippen LogP contribution is 2.26. The van der Waals surface area contributed by atoms with Crippen LogP contribution in [0.4, 0.5) is 5.95 Å². The van der Waals surface area contributed by atoms with Crippen molar-refractivity contribution in [2.45, 2.75) is 39.2 Å². The Bertz CT molecular complexity index is 665. The van der Waals surface area contributed by atoms with E-state index >= 15 is 0 Å². The molecule has 0 fully saturated rings. The van der Waals surface area contributed by atoms with Crippen molar-refractivity contribution in [3.05, 3.63) is 52.8 Å². The van der Waals surface area contributed by atoms with E-state index in [0.29, 0.717) is 0 Å². The molecule has 0 spiro atoms. The van der Waals surface area contributed by atoms with Crippen LogP contribution in [-0.4, -0.2) is 16.5 Å². The first kappa shape index (κ1) is 12.8. The van der Waals surface area contributed by atoms with Crippen LogP contribution in [0, 0.1) is 5.92 Å². The average Bonchev–Trinajstić information content (AvgIpc) is 2.54. The Balaban J connectivity index is 1.61. The zero-order valence-corrected chi connectivity index (χ0v) is 12.5. The summed E-state index contributed by atoms with van der Waals surface area (Å²) < 4.78 is 0. The summed E-state index contributed by atoms with van der Waals surface area (Å²) in [5.41, 5.74) is 5.52. The first-order chi connectivity index (χ1) is 10.3. The van der Waals surface area contributed by atoms with Crippen LogP contribution in [0.3, 0.4) is 0 Å². The number of aromatic nitrogens is 2. The minimum atomic E-state index is 0.772. The number of nitrogens with zero attached hydrogens (tertiary/aromatic N) is 3. The molecule has 0 saturated heterocycles. The van der Waals surface area contributed by atoms with Crippen LogP contribution in [-0.2, 0) is 25.8 Å². The van der Waals surface area contributed by atoms with Gasteiger partial charge in [-0.25, -0.2) is 9.97 Å². The Morgan fingerprint density at radius 3 is 2.86 bits per heavy atom. The zero-order valence-electron chi connectivity index (χ0n) is 12.5. The summed E-state index contributed by atoms with van der Waals surface area (Å²) in [6.07, 6.45) is 6.66. The molecule has 1 atom stereocenters. The van der Waals surface area contributed by atoms with Gasteiger partial charge in [0.15, 0.2) is 0 Å². The highest BCUT2D eigenvalue weighted by Gasteiger charge is 2.21. The lowest BCUT2D eigenvalue weighted by atomic mass is 9.89. The lowest BCUT2D eigenvalue weighted by Gasteiger charge is -2.30. The summed E-state index contributed by atoms with van der Waals surface area (Å²) in [6.45, 7) is 4.27. The Labute approximate surface area is 126 Å². The van der Waals surface area contributed by atoms with E-state index in [1.54, 1.807) is 0 Å². The molecule has 1 aromatic heterocycles. The van der Waals surface area contributed by atoms with E-state index in [1.807, 2.05) is 0 Å². The van der Waals surface area contributed by atoms with Gasteiger partial charge in [-0.05, 0) is 48.3 Å². The first-order valence-corrected chi connectivity index (χ1v) is 7.96. The zero-order chi connectivity index (χ0) is 14.2. The Kier molecular flexibility index (Phi) is 3.13. The molecule has 3 nitrogen and oxygen atoms in total. The largest absolute Gasteiger partial charge is 0.336 e. The quantitative estimate of drug-likeness (QED) is 0.803. The molecule has 108 valence electrons. The van der Waals surface area contributed by atoms with E-state index < -0.39 is 0 Å². The van der Waals surface area contributed by atoms with Crippen molar-refractivity contribution >= 4 is 5.95 Å². The fourth-order valence-corrected chi connectivity index (χ4v) is 3.50. The van der Waals surface area contributed by atoms with Crippen LogP contribution in [0.5, 0.6) is 0 Å². The van der Waals surface area contributed by atoms with Gasteiger partial charge in [-0.2, -0.15) is 0 Å². The monoisotopic (exact) mass is 279 g/mol. The van der Waals surface area contributed by atoms with Crippen molar-refractivity contribution in [3.8, 4) is 0 Å². The average molecular weight is 279 g/mol. The molecule has 3 heteroatoms. The molecule has 1 aliphatic carbocycles. The topological polar surface area (TPSA) is 29.0 Å². The van der Waals surface area contributed by atoms with Crippen LogP contribution >= 0.6 is 0 Å². The van der Waals surface area contributed by atoms with Crippen molar-refractivity contribution in [3.63, 3.8) is 0 Å². The number of aryl methyl sites for hydroxylation is 1. The third-order valence-electron chi connectivity index (χ3n) is 4.80. The van der Waals surface area contributed by atoms with E-state index in [-0.39, 0.29) is 0 Å². The summed E-state index contributed by atoms with van der Waals surface area (Å²) >= 11 is 0. The molecule has 4 rings (SSSR count). The van der Waals surface area contributed by atoms with E-state index in [1.165, 1.54) is 28.8 Å². The van der Waals surface area contributed by atoms with E-state index in [9.17, 15) is 0 Å². The molecular weight excluding hydrogens is 258 g/mol. The maximum atomic E-state index is 4.86. The molecule has 2 aromatic rings. The van der Waals surface area contributed by atoms with E-state index in [2.05, 4.69) is 47.3 Å². The molecular formula is C18H21N3. The second-order valence-corrected chi connectivity index (χ2v) is 6.43. The van der Waals surface area contributed by atoms with Gasteiger partial charge in [-0.1, -0.05) is 31.2 Å². The number of hydrogen-bond donors (Lipinski definition) is 0. The number of benzene rings is 1. The van der Waals surface area contributed by atoms with Gasteiger partial charge in [0.05, 0.1) is 0 Å². The molecule has 1 aliphatic heterocycles. The summed E-state index contributed by atoms with van der Waals surface area (Å²) in [5.74, 6) is 1.69. The molecule has 0 N–H and O–H groups in total. The third kappa shape index (κ3) is 2.41.